The lowest BCUT2D eigenvalue weighted by Crippen LogP contribution is -1.97. The highest BCUT2D eigenvalue weighted by Crippen LogP contribution is 2.25. The molecule has 0 aromatic heterocycles. The van der Waals surface area contributed by atoms with Gasteiger partial charge in [-0.05, 0) is 50.5 Å². The maximum absolute atomic E-state index is 7.50. The van der Waals surface area contributed by atoms with E-state index >= 15 is 0 Å². The third-order valence-electron chi connectivity index (χ3n) is 4.13. The van der Waals surface area contributed by atoms with Crippen LogP contribution in [0, 0.1) is 12.3 Å². The second kappa shape index (κ2) is 10.4. The Bertz CT molecular complexity index is 697. The quantitative estimate of drug-likeness (QED) is 0.428. The summed E-state index contributed by atoms with van der Waals surface area (Å²) in [5.41, 5.74) is 5.92. The van der Waals surface area contributed by atoms with Crippen LogP contribution in [0.3, 0.4) is 0 Å². The van der Waals surface area contributed by atoms with E-state index in [1.807, 2.05) is 38.2 Å². The summed E-state index contributed by atoms with van der Waals surface area (Å²) in [6, 6.07) is 6.37. The molecular weight excluding hydrogens is 290 g/mol. The van der Waals surface area contributed by atoms with Crippen molar-refractivity contribution in [2.75, 3.05) is 0 Å². The van der Waals surface area contributed by atoms with Crippen molar-refractivity contribution in [3.63, 3.8) is 0 Å². The number of rotatable bonds is 7. The van der Waals surface area contributed by atoms with Gasteiger partial charge in [0.2, 0.25) is 0 Å². The monoisotopic (exact) mass is 319 g/mol. The van der Waals surface area contributed by atoms with Crippen molar-refractivity contribution in [3.8, 4) is 0 Å². The summed E-state index contributed by atoms with van der Waals surface area (Å²) in [4.78, 5) is 0. The van der Waals surface area contributed by atoms with E-state index in [9.17, 15) is 0 Å². The number of hydrogen-bond acceptors (Lipinski definition) is 1. The van der Waals surface area contributed by atoms with Crippen molar-refractivity contribution in [3.05, 3.63) is 94.6 Å². The Balaban J connectivity index is 2.81. The molecule has 24 heavy (non-hydrogen) atoms. The van der Waals surface area contributed by atoms with Crippen LogP contribution in [0.25, 0.3) is 0 Å². The molecule has 0 fully saturated rings. The van der Waals surface area contributed by atoms with Crippen LogP contribution in [0.2, 0.25) is 0 Å². The Morgan fingerprint density at radius 3 is 2.46 bits per heavy atom. The molecule has 1 heteroatoms. The van der Waals surface area contributed by atoms with Gasteiger partial charge in [0.25, 0.3) is 0 Å². The van der Waals surface area contributed by atoms with Gasteiger partial charge in [-0.2, -0.15) is 0 Å². The summed E-state index contributed by atoms with van der Waals surface area (Å²) in [5.74, 6) is 0.341. The minimum absolute atomic E-state index is 0.341. The molecule has 0 amide bonds. The highest BCUT2D eigenvalue weighted by molar-refractivity contribution is 5.79. The second-order valence-electron chi connectivity index (χ2n) is 6.07. The zero-order chi connectivity index (χ0) is 17.9. The molecule has 0 saturated carbocycles. The van der Waals surface area contributed by atoms with Crippen molar-refractivity contribution in [1.82, 2.24) is 0 Å². The summed E-state index contributed by atoms with van der Waals surface area (Å²) >= 11 is 0. The zero-order valence-electron chi connectivity index (χ0n) is 15.5. The first-order valence-corrected chi connectivity index (χ1v) is 8.41. The molecule has 1 rings (SSSR count). The van der Waals surface area contributed by atoms with Crippen LogP contribution in [0.15, 0.2) is 78.0 Å². The third-order valence-corrected chi connectivity index (χ3v) is 4.13. The van der Waals surface area contributed by atoms with Gasteiger partial charge in [-0.25, -0.2) is 0 Å². The van der Waals surface area contributed by atoms with E-state index in [1.165, 1.54) is 22.9 Å². The van der Waals surface area contributed by atoms with Gasteiger partial charge >= 0.3 is 0 Å². The van der Waals surface area contributed by atoms with Crippen LogP contribution in [0.1, 0.15) is 50.3 Å². The highest BCUT2D eigenvalue weighted by atomic mass is 14.3. The summed E-state index contributed by atoms with van der Waals surface area (Å²) in [7, 11) is 0. The van der Waals surface area contributed by atoms with E-state index in [2.05, 4.69) is 63.3 Å². The summed E-state index contributed by atoms with van der Waals surface area (Å²) in [6.07, 6.45) is 18.0. The van der Waals surface area contributed by atoms with Gasteiger partial charge in [-0.1, -0.05) is 78.8 Å². The Morgan fingerprint density at radius 2 is 1.79 bits per heavy atom. The first kappa shape index (κ1) is 19.6. The molecule has 0 spiro atoms. The van der Waals surface area contributed by atoms with Crippen molar-refractivity contribution in [1.29, 1.82) is 5.41 Å². The lowest BCUT2D eigenvalue weighted by molar-refractivity contribution is 0.892. The van der Waals surface area contributed by atoms with Crippen molar-refractivity contribution in [2.24, 2.45) is 0 Å². The first-order chi connectivity index (χ1) is 11.5. The molecule has 1 nitrogen and oxygen atoms in total. The minimum Gasteiger partial charge on any atom is -0.308 e. The number of hydrogen-bond donors (Lipinski definition) is 1. The van der Waals surface area contributed by atoms with Crippen LogP contribution in [0.4, 0.5) is 0 Å². The third kappa shape index (κ3) is 6.37. The molecular formula is C23H29N. The standard InChI is InChI=1S/C23H29N/c1-6-7-8-9-11-18(2)12-10-13-19(3)21(5)22-15-14-20(4)23(16-22)17-24/h6-17,21,24H,1-5H3/b7-6+,9-8-,12-10-,18-11-,19-13+,24-17?. The molecule has 126 valence electrons. The van der Waals surface area contributed by atoms with E-state index in [0.717, 1.165) is 11.1 Å². The van der Waals surface area contributed by atoms with Gasteiger partial charge in [0.1, 0.15) is 0 Å². The Labute approximate surface area is 147 Å². The summed E-state index contributed by atoms with van der Waals surface area (Å²) in [6.45, 7) is 10.5. The molecule has 1 aromatic rings. The largest absolute Gasteiger partial charge is 0.308 e. The van der Waals surface area contributed by atoms with E-state index in [0.29, 0.717) is 5.92 Å². The molecule has 1 N–H and O–H groups in total. The van der Waals surface area contributed by atoms with Crippen LogP contribution in [-0.2, 0) is 0 Å². The SMILES string of the molecule is C/C=C/C=C\C=C(C)/C=C\C=C(/C)C(C)c1ccc(C)c(C=N)c1. The number of benzene rings is 1. The smallest absolute Gasteiger partial charge is 0.0253 e. The molecule has 1 aromatic carbocycles. The fourth-order valence-electron chi connectivity index (χ4n) is 2.28. The molecule has 0 radical (unpaired) electrons. The lowest BCUT2D eigenvalue weighted by atomic mass is 9.91. The maximum Gasteiger partial charge on any atom is 0.0253 e. The van der Waals surface area contributed by atoms with E-state index in [1.54, 1.807) is 0 Å². The average Bonchev–Trinajstić information content (AvgIpc) is 2.58. The van der Waals surface area contributed by atoms with E-state index < -0.39 is 0 Å². The number of nitrogens with one attached hydrogen (secondary N) is 1. The van der Waals surface area contributed by atoms with Gasteiger partial charge in [0.15, 0.2) is 0 Å². The topological polar surface area (TPSA) is 23.9 Å². The van der Waals surface area contributed by atoms with Crippen LogP contribution >= 0.6 is 0 Å². The molecule has 0 aliphatic heterocycles. The zero-order valence-corrected chi connectivity index (χ0v) is 15.5. The van der Waals surface area contributed by atoms with Gasteiger partial charge in [-0.15, -0.1) is 0 Å². The number of aryl methyl sites for hydroxylation is 1. The average molecular weight is 319 g/mol. The molecule has 0 heterocycles. The summed E-state index contributed by atoms with van der Waals surface area (Å²) in [5, 5.41) is 7.50. The Kier molecular flexibility index (Phi) is 8.49. The Morgan fingerprint density at radius 1 is 1.04 bits per heavy atom. The van der Waals surface area contributed by atoms with Gasteiger partial charge in [0.05, 0.1) is 0 Å². The Hall–Kier alpha value is -2.41. The van der Waals surface area contributed by atoms with Crippen LogP contribution < -0.4 is 0 Å². The van der Waals surface area contributed by atoms with E-state index in [-0.39, 0.29) is 0 Å². The maximum atomic E-state index is 7.50. The minimum atomic E-state index is 0.341. The summed E-state index contributed by atoms with van der Waals surface area (Å²) < 4.78 is 0. The second-order valence-corrected chi connectivity index (χ2v) is 6.07. The van der Waals surface area contributed by atoms with Crippen molar-refractivity contribution in [2.45, 2.75) is 40.5 Å². The van der Waals surface area contributed by atoms with E-state index in [4.69, 9.17) is 5.41 Å². The normalized spacial score (nSPS) is 14.9. The highest BCUT2D eigenvalue weighted by Gasteiger charge is 2.08. The molecule has 0 aliphatic rings. The lowest BCUT2D eigenvalue weighted by Gasteiger charge is -2.14. The molecule has 0 bridgehead atoms. The molecule has 1 atom stereocenters. The van der Waals surface area contributed by atoms with Gasteiger partial charge in [0, 0.05) is 12.1 Å². The van der Waals surface area contributed by atoms with Crippen molar-refractivity contribution >= 4 is 6.21 Å². The first-order valence-electron chi connectivity index (χ1n) is 8.41. The van der Waals surface area contributed by atoms with Gasteiger partial charge in [-0.3, -0.25) is 0 Å². The predicted molar refractivity (Wildman–Crippen MR) is 108 cm³/mol. The fraction of sp³-hybridized carbons (Fsp3) is 0.261. The fourth-order valence-corrected chi connectivity index (χ4v) is 2.28. The number of allylic oxidation sites excluding steroid dienone is 10. The predicted octanol–water partition coefficient (Wildman–Crippen LogP) is 6.68. The van der Waals surface area contributed by atoms with Crippen LogP contribution in [-0.4, -0.2) is 6.21 Å². The van der Waals surface area contributed by atoms with Gasteiger partial charge < -0.3 is 5.41 Å². The molecule has 0 aliphatic carbocycles. The van der Waals surface area contributed by atoms with Crippen molar-refractivity contribution < 1.29 is 0 Å². The molecule has 1 unspecified atom stereocenters. The van der Waals surface area contributed by atoms with Crippen LogP contribution in [0.5, 0.6) is 0 Å². The molecule has 0 saturated heterocycles.